The van der Waals surface area contributed by atoms with E-state index in [1.165, 1.54) is 11.5 Å². The first-order valence-electron chi connectivity index (χ1n) is 10.4. The summed E-state index contributed by atoms with van der Waals surface area (Å²) in [6, 6.07) is 8.99. The van der Waals surface area contributed by atoms with E-state index in [0.717, 1.165) is 22.4 Å². The van der Waals surface area contributed by atoms with Gasteiger partial charge in [0.2, 0.25) is 5.75 Å². The number of aromatic nitrogens is 1. The lowest BCUT2D eigenvalue weighted by Gasteiger charge is -2.16. The number of nitrogens with zero attached hydrogens (tertiary/aromatic N) is 1. The number of rotatable bonds is 9. The van der Waals surface area contributed by atoms with Gasteiger partial charge in [-0.15, -0.1) is 0 Å². The molecule has 9 heteroatoms. The molecule has 0 aliphatic heterocycles. The van der Waals surface area contributed by atoms with Gasteiger partial charge in [0.05, 0.1) is 39.8 Å². The molecule has 8 nitrogen and oxygen atoms in total. The van der Waals surface area contributed by atoms with Crippen LogP contribution in [-0.2, 0) is 4.79 Å². The van der Waals surface area contributed by atoms with Crippen LogP contribution in [0.4, 0.5) is 5.69 Å². The van der Waals surface area contributed by atoms with Crippen LogP contribution in [0.3, 0.4) is 0 Å². The lowest BCUT2D eigenvalue weighted by atomic mass is 10.00. The maximum Gasteiger partial charge on any atom is 0.282 e. The summed E-state index contributed by atoms with van der Waals surface area (Å²) in [5, 5.41) is 4.92. The number of carbonyl (C=O) groups is 1. The van der Waals surface area contributed by atoms with Crippen LogP contribution in [0.1, 0.15) is 13.8 Å². The predicted molar refractivity (Wildman–Crippen MR) is 129 cm³/mol. The van der Waals surface area contributed by atoms with Crippen molar-refractivity contribution in [3.05, 3.63) is 35.7 Å². The lowest BCUT2D eigenvalue weighted by Crippen LogP contribution is -2.68. The Morgan fingerprint density at radius 1 is 0.939 bits per heavy atom. The molecule has 0 saturated carbocycles. The fraction of sp³-hybridized carbons (Fsp3) is 0.333. The number of benzene rings is 2. The average Bonchev–Trinajstić information content (AvgIpc) is 3.32. The second-order valence-corrected chi connectivity index (χ2v) is 8.37. The van der Waals surface area contributed by atoms with Gasteiger partial charge in [-0.1, -0.05) is 19.9 Å². The lowest BCUT2D eigenvalue weighted by molar-refractivity contribution is -0.412. The third-order valence-electron chi connectivity index (χ3n) is 5.42. The molecule has 3 rings (SSSR count). The van der Waals surface area contributed by atoms with Crippen LogP contribution in [0.5, 0.6) is 23.0 Å². The molecule has 1 heterocycles. The monoisotopic (exact) mass is 472 g/mol. The van der Waals surface area contributed by atoms with E-state index in [1.54, 1.807) is 28.4 Å². The van der Waals surface area contributed by atoms with Crippen molar-refractivity contribution in [3.63, 3.8) is 0 Å². The van der Waals surface area contributed by atoms with E-state index >= 15 is 0 Å². The van der Waals surface area contributed by atoms with Crippen LogP contribution in [0.25, 0.3) is 22.4 Å². The molecule has 0 unspecified atom stereocenters. The van der Waals surface area contributed by atoms with Gasteiger partial charge in [-0.25, -0.2) is 0 Å². The highest BCUT2D eigenvalue weighted by Crippen LogP contribution is 2.44. The van der Waals surface area contributed by atoms with Gasteiger partial charge in [0.1, 0.15) is 5.75 Å². The Kier molecular flexibility index (Phi) is 7.78. The molecule has 0 spiro atoms. The Balaban J connectivity index is 2.06. The Bertz CT molecular complexity index is 1100. The second kappa shape index (κ2) is 10.5. The Hall–Kier alpha value is -3.30. The molecular weight excluding hydrogens is 442 g/mol. The highest BCUT2D eigenvalue weighted by molar-refractivity contribution is 7.04. The number of amides is 1. The van der Waals surface area contributed by atoms with Crippen LogP contribution in [0.2, 0.25) is 0 Å². The summed E-state index contributed by atoms with van der Waals surface area (Å²) in [7, 11) is 6.29. The van der Waals surface area contributed by atoms with E-state index in [9.17, 15) is 4.79 Å². The highest BCUT2D eigenvalue weighted by Gasteiger charge is 2.23. The molecular formula is C24H30N3O5S+. The molecule has 1 amide bonds. The van der Waals surface area contributed by atoms with Crippen molar-refractivity contribution in [2.24, 2.45) is 5.92 Å². The van der Waals surface area contributed by atoms with Crippen molar-refractivity contribution in [2.75, 3.05) is 33.8 Å². The van der Waals surface area contributed by atoms with Crippen molar-refractivity contribution in [1.29, 1.82) is 0 Å². The van der Waals surface area contributed by atoms with Gasteiger partial charge in [0.15, 0.2) is 17.5 Å². The molecule has 1 atom stereocenters. The summed E-state index contributed by atoms with van der Waals surface area (Å²) >= 11 is 1.34. The molecule has 3 aromatic rings. The summed E-state index contributed by atoms with van der Waals surface area (Å²) in [6.45, 7) is 3.93. The van der Waals surface area contributed by atoms with Gasteiger partial charge in [-0.05, 0) is 41.4 Å². The SMILES string of the molecule is COc1ccc(-c2csnc2-c2cc(OC)c(OC)c(OC)c2)cc1NC(=O)[C@H]([NH3+])C(C)C. The second-order valence-electron chi connectivity index (χ2n) is 7.75. The molecule has 0 radical (unpaired) electrons. The van der Waals surface area contributed by atoms with E-state index in [2.05, 4.69) is 15.4 Å². The fourth-order valence-electron chi connectivity index (χ4n) is 3.37. The van der Waals surface area contributed by atoms with Crippen molar-refractivity contribution in [3.8, 4) is 45.4 Å². The average molecular weight is 473 g/mol. The van der Waals surface area contributed by atoms with Crippen molar-refractivity contribution in [2.45, 2.75) is 19.9 Å². The van der Waals surface area contributed by atoms with Gasteiger partial charge in [0.25, 0.3) is 5.91 Å². The summed E-state index contributed by atoms with van der Waals surface area (Å²) in [4.78, 5) is 12.6. The van der Waals surface area contributed by atoms with Crippen LogP contribution in [0.15, 0.2) is 35.7 Å². The quantitative estimate of drug-likeness (QED) is 0.492. The zero-order valence-electron chi connectivity index (χ0n) is 19.7. The number of ether oxygens (including phenoxy) is 4. The molecule has 0 bridgehead atoms. The number of methoxy groups -OCH3 is 4. The summed E-state index contributed by atoms with van der Waals surface area (Å²) in [6.07, 6.45) is 0. The zero-order valence-corrected chi connectivity index (χ0v) is 20.5. The fourth-order valence-corrected chi connectivity index (χ4v) is 4.08. The largest absolute Gasteiger partial charge is 0.495 e. The molecule has 0 fully saturated rings. The van der Waals surface area contributed by atoms with Crippen LogP contribution >= 0.6 is 11.5 Å². The minimum Gasteiger partial charge on any atom is -0.495 e. The van der Waals surface area contributed by atoms with Crippen LogP contribution < -0.4 is 30.0 Å². The predicted octanol–water partition coefficient (Wildman–Crippen LogP) is 3.72. The maximum atomic E-state index is 12.6. The van der Waals surface area contributed by atoms with Gasteiger partial charge in [0, 0.05) is 22.4 Å². The van der Waals surface area contributed by atoms with Gasteiger partial charge in [-0.3, -0.25) is 4.79 Å². The first-order valence-corrected chi connectivity index (χ1v) is 11.2. The summed E-state index contributed by atoms with van der Waals surface area (Å²) in [5.74, 6) is 2.14. The molecule has 176 valence electrons. The zero-order chi connectivity index (χ0) is 24.1. The smallest absolute Gasteiger partial charge is 0.282 e. The minimum atomic E-state index is -0.379. The van der Waals surface area contributed by atoms with Crippen molar-refractivity contribution < 1.29 is 29.5 Å². The molecule has 2 aromatic carbocycles. The Morgan fingerprint density at radius 2 is 1.58 bits per heavy atom. The number of anilines is 1. The first kappa shape index (κ1) is 24.3. The van der Waals surface area contributed by atoms with Crippen molar-refractivity contribution in [1.82, 2.24) is 4.37 Å². The standard InChI is InChI=1S/C24H29N3O5S/c1-13(2)21(25)24(28)26-17-9-14(7-8-18(17)29-3)16-12-33-27-22(16)15-10-19(30-4)23(32-6)20(11-15)31-5/h7-13,21H,25H2,1-6H3,(H,26,28)/p+1/t21-/m1/s1. The van der Waals surface area contributed by atoms with Gasteiger partial charge < -0.3 is 30.0 Å². The van der Waals surface area contributed by atoms with Gasteiger partial charge in [-0.2, -0.15) is 4.37 Å². The normalized spacial score (nSPS) is 11.8. The van der Waals surface area contributed by atoms with Crippen molar-refractivity contribution >= 4 is 23.1 Å². The van der Waals surface area contributed by atoms with E-state index in [-0.39, 0.29) is 17.9 Å². The van der Waals surface area contributed by atoms with E-state index in [0.29, 0.717) is 28.7 Å². The number of hydrogen-bond acceptors (Lipinski definition) is 7. The van der Waals surface area contributed by atoms with Crippen LogP contribution in [0, 0.1) is 5.92 Å². The summed E-state index contributed by atoms with van der Waals surface area (Å²) < 4.78 is 26.5. The number of carbonyl (C=O) groups excluding carboxylic acids is 1. The number of hydrogen-bond donors (Lipinski definition) is 2. The molecule has 0 aliphatic carbocycles. The van der Waals surface area contributed by atoms with E-state index in [4.69, 9.17) is 18.9 Å². The van der Waals surface area contributed by atoms with Crippen LogP contribution in [-0.4, -0.2) is 44.8 Å². The third kappa shape index (κ3) is 5.04. The Morgan fingerprint density at radius 3 is 2.12 bits per heavy atom. The summed E-state index contributed by atoms with van der Waals surface area (Å²) in [5.41, 5.74) is 7.92. The molecule has 33 heavy (non-hydrogen) atoms. The van der Waals surface area contributed by atoms with Gasteiger partial charge >= 0.3 is 0 Å². The number of nitrogens with one attached hydrogen (secondary N) is 1. The topological polar surface area (TPSA) is 107 Å². The molecule has 4 N–H and O–H groups in total. The minimum absolute atomic E-state index is 0.117. The maximum absolute atomic E-state index is 12.6. The first-order chi connectivity index (χ1) is 15.8. The third-order valence-corrected chi connectivity index (χ3v) is 6.05. The Labute approximate surface area is 197 Å². The molecule has 0 saturated heterocycles. The van der Waals surface area contributed by atoms with E-state index < -0.39 is 0 Å². The highest BCUT2D eigenvalue weighted by atomic mass is 32.1. The molecule has 1 aromatic heterocycles. The number of quaternary nitrogens is 1. The molecule has 0 aliphatic rings. The van der Waals surface area contributed by atoms with E-state index in [1.807, 2.05) is 49.6 Å².